The highest BCUT2D eigenvalue weighted by Crippen LogP contribution is 2.36. The van der Waals surface area contributed by atoms with Crippen molar-refractivity contribution in [1.82, 2.24) is 24.8 Å². The first-order chi connectivity index (χ1) is 18.0. The van der Waals surface area contributed by atoms with Gasteiger partial charge in [-0.25, -0.2) is 9.48 Å². The molecule has 0 spiro atoms. The number of hydrogen-bond donors (Lipinski definition) is 2. The number of nitrogens with zero attached hydrogens (tertiary/aromatic N) is 5. The van der Waals surface area contributed by atoms with Crippen molar-refractivity contribution in [1.29, 1.82) is 0 Å². The number of carboxylic acids is 1. The van der Waals surface area contributed by atoms with Crippen LogP contribution < -0.4 is 4.65 Å². The SMILES string of the molecule is O=C(C[C@H]1Cc2cccc(C(=O)O)c2OB1O)Cn1nnc(CN2CCOCC2)c1CN1CCOCC1. The van der Waals surface area contributed by atoms with Crippen molar-refractivity contribution in [2.24, 2.45) is 0 Å². The van der Waals surface area contributed by atoms with Crippen LogP contribution in [0, 0.1) is 0 Å². The largest absolute Gasteiger partial charge is 0.535 e. The van der Waals surface area contributed by atoms with E-state index in [4.69, 9.17) is 14.1 Å². The quantitative estimate of drug-likeness (QED) is 0.441. The molecule has 12 nitrogen and oxygen atoms in total. The Balaban J connectivity index is 1.28. The van der Waals surface area contributed by atoms with E-state index in [1.54, 1.807) is 16.8 Å². The number of aromatic carboxylic acids is 1. The maximum absolute atomic E-state index is 13.1. The van der Waals surface area contributed by atoms with Gasteiger partial charge in [-0.2, -0.15) is 0 Å². The van der Waals surface area contributed by atoms with E-state index in [0.29, 0.717) is 51.5 Å². The van der Waals surface area contributed by atoms with E-state index in [0.717, 1.165) is 37.6 Å². The number of benzene rings is 1. The monoisotopic (exact) mass is 513 g/mol. The average Bonchev–Trinajstić information content (AvgIpc) is 3.25. The van der Waals surface area contributed by atoms with Crippen molar-refractivity contribution in [2.45, 2.75) is 38.3 Å². The Morgan fingerprint density at radius 1 is 1.03 bits per heavy atom. The minimum Gasteiger partial charge on any atom is -0.535 e. The molecule has 5 rings (SSSR count). The molecule has 1 atom stereocenters. The van der Waals surface area contributed by atoms with E-state index in [1.165, 1.54) is 6.07 Å². The van der Waals surface area contributed by atoms with Crippen LogP contribution in [0.3, 0.4) is 0 Å². The Bertz CT molecular complexity index is 1120. The fourth-order valence-electron chi connectivity index (χ4n) is 5.08. The lowest BCUT2D eigenvalue weighted by atomic mass is 9.64. The van der Waals surface area contributed by atoms with Crippen LogP contribution in [-0.4, -0.2) is 106 Å². The molecule has 0 saturated carbocycles. The third-order valence-corrected chi connectivity index (χ3v) is 7.14. The summed E-state index contributed by atoms with van der Waals surface area (Å²) in [4.78, 5) is 29.2. The Morgan fingerprint density at radius 3 is 2.38 bits per heavy atom. The molecule has 1 aromatic heterocycles. The molecular formula is C24H32BN5O7. The van der Waals surface area contributed by atoms with Gasteiger partial charge >= 0.3 is 13.1 Å². The van der Waals surface area contributed by atoms with Crippen molar-refractivity contribution in [3.63, 3.8) is 0 Å². The molecule has 0 unspecified atom stereocenters. The standard InChI is InChI=1S/C24H32BN5O7/c31-19(13-18-12-17-2-1-3-20(24(32)33)23(17)37-25(18)34)14-30-22(16-29-6-10-36-11-7-29)21(26-27-30)15-28-4-8-35-9-5-28/h1-3,18,34H,4-16H2,(H,32,33)/t18-/m1/s1. The van der Waals surface area contributed by atoms with Crippen LogP contribution in [0.25, 0.3) is 0 Å². The number of morpholine rings is 2. The lowest BCUT2D eigenvalue weighted by Gasteiger charge is -2.29. The van der Waals surface area contributed by atoms with Gasteiger partial charge < -0.3 is 24.3 Å². The maximum Gasteiger partial charge on any atom is 0.526 e. The van der Waals surface area contributed by atoms with Gasteiger partial charge in [-0.3, -0.25) is 14.6 Å². The first-order valence-corrected chi connectivity index (χ1v) is 12.7. The number of rotatable bonds is 9. The summed E-state index contributed by atoms with van der Waals surface area (Å²) in [7, 11) is -1.27. The molecule has 0 radical (unpaired) electrons. The molecule has 198 valence electrons. The summed E-state index contributed by atoms with van der Waals surface area (Å²) in [6.07, 6.45) is 0.428. The van der Waals surface area contributed by atoms with Crippen molar-refractivity contribution < 1.29 is 33.8 Å². The van der Waals surface area contributed by atoms with Crippen LogP contribution in [0.2, 0.25) is 5.82 Å². The molecule has 2 N–H and O–H groups in total. The Labute approximate surface area is 215 Å². The first kappa shape index (κ1) is 25.8. The third kappa shape index (κ3) is 6.19. The van der Waals surface area contributed by atoms with E-state index >= 15 is 0 Å². The van der Waals surface area contributed by atoms with Gasteiger partial charge in [-0.15, -0.1) is 5.10 Å². The number of Topliss-reactive ketones (excluding diaryl/α,β-unsaturated/α-hetero) is 1. The smallest absolute Gasteiger partial charge is 0.526 e. The second-order valence-corrected chi connectivity index (χ2v) is 9.73. The third-order valence-electron chi connectivity index (χ3n) is 7.14. The van der Waals surface area contributed by atoms with E-state index in [1.807, 2.05) is 0 Å². The highest BCUT2D eigenvalue weighted by Gasteiger charge is 2.38. The summed E-state index contributed by atoms with van der Waals surface area (Å²) < 4.78 is 18.2. The summed E-state index contributed by atoms with van der Waals surface area (Å²) in [6.45, 7) is 7.30. The van der Waals surface area contributed by atoms with E-state index < -0.39 is 18.9 Å². The zero-order valence-corrected chi connectivity index (χ0v) is 20.8. The van der Waals surface area contributed by atoms with Gasteiger partial charge in [-0.1, -0.05) is 17.3 Å². The first-order valence-electron chi connectivity index (χ1n) is 12.7. The molecule has 2 saturated heterocycles. The predicted octanol–water partition coefficient (Wildman–Crippen LogP) is 0.0857. The van der Waals surface area contributed by atoms with Crippen LogP contribution in [-0.2, 0) is 40.3 Å². The number of aromatic nitrogens is 3. The Kier molecular flexibility index (Phi) is 8.15. The topological polar surface area (TPSA) is 139 Å². The number of hydrogen-bond acceptors (Lipinski definition) is 10. The molecule has 3 aliphatic rings. The molecule has 2 fully saturated rings. The molecule has 37 heavy (non-hydrogen) atoms. The van der Waals surface area contributed by atoms with Crippen LogP contribution >= 0.6 is 0 Å². The minimum absolute atomic E-state index is 0.00416. The van der Waals surface area contributed by atoms with Crippen LogP contribution in [0.5, 0.6) is 5.75 Å². The summed E-state index contributed by atoms with van der Waals surface area (Å²) >= 11 is 0. The molecule has 1 aromatic carbocycles. The number of ketones is 1. The van der Waals surface area contributed by atoms with Gasteiger partial charge in [0.2, 0.25) is 0 Å². The molecule has 2 aromatic rings. The second kappa shape index (κ2) is 11.7. The van der Waals surface area contributed by atoms with Gasteiger partial charge in [0.15, 0.2) is 5.78 Å². The van der Waals surface area contributed by atoms with Crippen LogP contribution in [0.1, 0.15) is 33.7 Å². The van der Waals surface area contributed by atoms with Crippen molar-refractivity contribution in [3.05, 3.63) is 40.7 Å². The van der Waals surface area contributed by atoms with Crippen LogP contribution in [0.4, 0.5) is 0 Å². The maximum atomic E-state index is 13.1. The number of carboxylic acid groups (broad SMARTS) is 1. The fraction of sp³-hybridized carbons (Fsp3) is 0.583. The van der Waals surface area contributed by atoms with Crippen LogP contribution in [0.15, 0.2) is 18.2 Å². The Hall–Kier alpha value is -2.84. The molecule has 0 aliphatic carbocycles. The molecule has 0 amide bonds. The van der Waals surface area contributed by atoms with Crippen molar-refractivity contribution in [3.8, 4) is 5.75 Å². The van der Waals surface area contributed by atoms with E-state index in [-0.39, 0.29) is 30.1 Å². The number of carbonyl (C=O) groups is 2. The normalized spacial score (nSPS) is 20.9. The lowest BCUT2D eigenvalue weighted by molar-refractivity contribution is -0.120. The van der Waals surface area contributed by atoms with Crippen molar-refractivity contribution >= 4 is 18.9 Å². The van der Waals surface area contributed by atoms with Gasteiger partial charge in [0.25, 0.3) is 0 Å². The summed E-state index contributed by atoms with van der Waals surface area (Å²) in [5, 5.41) is 28.7. The summed E-state index contributed by atoms with van der Waals surface area (Å²) in [5.41, 5.74) is 2.45. The number of fused-ring (bicyclic) bond motifs is 1. The minimum atomic E-state index is -1.27. The zero-order chi connectivity index (χ0) is 25.8. The Morgan fingerprint density at radius 2 is 1.70 bits per heavy atom. The highest BCUT2D eigenvalue weighted by molar-refractivity contribution is 6.47. The van der Waals surface area contributed by atoms with Gasteiger partial charge in [0.1, 0.15) is 18.0 Å². The average molecular weight is 513 g/mol. The van der Waals surface area contributed by atoms with Gasteiger partial charge in [0.05, 0.1) is 37.7 Å². The summed E-state index contributed by atoms with van der Waals surface area (Å²) in [5.74, 6) is -1.53. The van der Waals surface area contributed by atoms with Crippen molar-refractivity contribution in [2.75, 3.05) is 52.6 Å². The molecule has 13 heteroatoms. The summed E-state index contributed by atoms with van der Waals surface area (Å²) in [6, 6.07) is 4.85. The number of carbonyl (C=O) groups excluding carboxylic acids is 1. The molecular weight excluding hydrogens is 481 g/mol. The van der Waals surface area contributed by atoms with Gasteiger partial charge in [0, 0.05) is 51.5 Å². The lowest BCUT2D eigenvalue weighted by Crippen LogP contribution is -2.38. The molecule has 0 bridgehead atoms. The molecule has 3 aliphatic heterocycles. The van der Waals surface area contributed by atoms with E-state index in [2.05, 4.69) is 20.1 Å². The van der Waals surface area contributed by atoms with Gasteiger partial charge in [-0.05, 0) is 18.1 Å². The zero-order valence-electron chi connectivity index (χ0n) is 20.8. The number of para-hydroxylation sites is 1. The fourth-order valence-corrected chi connectivity index (χ4v) is 5.08. The predicted molar refractivity (Wildman–Crippen MR) is 131 cm³/mol. The second-order valence-electron chi connectivity index (χ2n) is 9.73. The van der Waals surface area contributed by atoms with E-state index in [9.17, 15) is 19.7 Å². The number of ether oxygens (including phenoxy) is 2. The highest BCUT2D eigenvalue weighted by atomic mass is 16.5. The molecule has 4 heterocycles.